The average molecular weight is 785 g/mol. The zero-order valence-corrected chi connectivity index (χ0v) is 33.7. The second-order valence-electron chi connectivity index (χ2n) is 16.4. The first kappa shape index (κ1) is 34.6. The van der Waals surface area contributed by atoms with Crippen LogP contribution in [0, 0.1) is 0 Å². The summed E-state index contributed by atoms with van der Waals surface area (Å²) in [6, 6.07) is 79.0. The van der Waals surface area contributed by atoms with Crippen molar-refractivity contribution in [1.82, 2.24) is 9.97 Å². The quantitative estimate of drug-likeness (QED) is 0.168. The molecule has 0 atom stereocenters. The fraction of sp³-hybridized carbons (Fsp3) is 0. The highest BCUT2D eigenvalue weighted by Gasteiger charge is 2.25. The van der Waals surface area contributed by atoms with E-state index in [1.807, 2.05) is 0 Å². The molecule has 0 radical (unpaired) electrons. The third kappa shape index (κ3) is 5.23. The van der Waals surface area contributed by atoms with E-state index < -0.39 is 0 Å². The molecule has 10 aromatic carbocycles. The van der Waals surface area contributed by atoms with Gasteiger partial charge in [0.25, 0.3) is 0 Å². The molecule has 0 saturated heterocycles. The van der Waals surface area contributed by atoms with Gasteiger partial charge in [0.05, 0.1) is 11.4 Å². The largest absolute Gasteiger partial charge is 0.227 e. The highest BCUT2D eigenvalue weighted by molar-refractivity contribution is 6.20. The van der Waals surface area contributed by atoms with Gasteiger partial charge in [0.1, 0.15) is 0 Å². The van der Waals surface area contributed by atoms with E-state index in [0.29, 0.717) is 5.82 Å². The minimum Gasteiger partial charge on any atom is -0.227 e. The van der Waals surface area contributed by atoms with E-state index >= 15 is 0 Å². The highest BCUT2D eigenvalue weighted by Crippen LogP contribution is 2.51. The standard InChI is InChI=1S/C60H36N2/c1-3-13-39(14-4-1)55-58(40-15-5-2-6-16-40)61-60(42-31-27-38(28-32-42)44-34-36-54-48-20-10-8-18-46(48)52-24-12-22-50(44)57(52)54)62-59(55)41-29-25-37(26-30-41)43-33-35-53-47-19-9-7-17-45(47)51-23-11-21-49(43)56(51)53/h1-36H. The average Bonchev–Trinajstić information content (AvgIpc) is 3.86. The van der Waals surface area contributed by atoms with Crippen molar-refractivity contribution in [2.24, 2.45) is 0 Å². The van der Waals surface area contributed by atoms with Gasteiger partial charge in [0, 0.05) is 22.3 Å². The Balaban J connectivity index is 0.946. The van der Waals surface area contributed by atoms with E-state index in [-0.39, 0.29) is 0 Å². The Hall–Kier alpha value is -8.20. The van der Waals surface area contributed by atoms with Crippen LogP contribution in [0.2, 0.25) is 0 Å². The molecule has 0 spiro atoms. The van der Waals surface area contributed by atoms with Gasteiger partial charge in [-0.1, -0.05) is 218 Å². The minimum atomic E-state index is 0.692. The van der Waals surface area contributed by atoms with Crippen molar-refractivity contribution in [2.75, 3.05) is 0 Å². The monoisotopic (exact) mass is 784 g/mol. The van der Waals surface area contributed by atoms with Gasteiger partial charge in [-0.3, -0.25) is 0 Å². The number of aromatic nitrogens is 2. The van der Waals surface area contributed by atoms with Crippen LogP contribution in [0.1, 0.15) is 0 Å². The van der Waals surface area contributed by atoms with E-state index in [1.54, 1.807) is 0 Å². The summed E-state index contributed by atoms with van der Waals surface area (Å²) in [5, 5.41) is 5.21. The number of hydrogen-bond acceptors (Lipinski definition) is 2. The zero-order chi connectivity index (χ0) is 40.7. The van der Waals surface area contributed by atoms with Gasteiger partial charge in [-0.05, 0) is 93.9 Å². The van der Waals surface area contributed by atoms with Gasteiger partial charge in [-0.25, -0.2) is 9.97 Å². The van der Waals surface area contributed by atoms with Crippen LogP contribution in [0.5, 0.6) is 0 Å². The van der Waals surface area contributed by atoms with Gasteiger partial charge < -0.3 is 0 Å². The van der Waals surface area contributed by atoms with Crippen LogP contribution in [-0.4, -0.2) is 9.97 Å². The molecule has 0 N–H and O–H groups in total. The molecule has 0 unspecified atom stereocenters. The molecule has 286 valence electrons. The first-order chi connectivity index (χ1) is 30.8. The molecule has 0 saturated carbocycles. The third-order valence-electron chi connectivity index (χ3n) is 13.0. The van der Waals surface area contributed by atoms with E-state index in [9.17, 15) is 0 Å². The zero-order valence-electron chi connectivity index (χ0n) is 33.7. The molecule has 2 aliphatic rings. The van der Waals surface area contributed by atoms with E-state index in [0.717, 1.165) is 39.2 Å². The first-order valence-corrected chi connectivity index (χ1v) is 21.3. The van der Waals surface area contributed by atoms with Crippen molar-refractivity contribution in [3.63, 3.8) is 0 Å². The Morgan fingerprint density at radius 1 is 0.210 bits per heavy atom. The summed E-state index contributed by atoms with van der Waals surface area (Å²) in [5.41, 5.74) is 22.2. The Bertz CT molecular complexity index is 3530. The molecule has 2 nitrogen and oxygen atoms in total. The van der Waals surface area contributed by atoms with Crippen molar-refractivity contribution in [3.05, 3.63) is 218 Å². The Labute approximate surface area is 360 Å². The maximum Gasteiger partial charge on any atom is 0.160 e. The molecular formula is C60H36N2. The van der Waals surface area contributed by atoms with Crippen LogP contribution in [0.15, 0.2) is 218 Å². The summed E-state index contributed by atoms with van der Waals surface area (Å²) in [6.07, 6.45) is 0. The van der Waals surface area contributed by atoms with Crippen LogP contribution in [0.3, 0.4) is 0 Å². The maximum absolute atomic E-state index is 5.48. The van der Waals surface area contributed by atoms with E-state index in [4.69, 9.17) is 9.97 Å². The van der Waals surface area contributed by atoms with Crippen LogP contribution >= 0.6 is 0 Å². The summed E-state index contributed by atoms with van der Waals surface area (Å²) in [7, 11) is 0. The molecule has 0 bridgehead atoms. The molecule has 0 aliphatic heterocycles. The Morgan fingerprint density at radius 3 is 1.02 bits per heavy atom. The molecule has 2 aliphatic carbocycles. The fourth-order valence-electron chi connectivity index (χ4n) is 10.2. The highest BCUT2D eigenvalue weighted by atomic mass is 14.9. The van der Waals surface area contributed by atoms with Crippen LogP contribution in [0.4, 0.5) is 0 Å². The van der Waals surface area contributed by atoms with Crippen LogP contribution in [-0.2, 0) is 0 Å². The van der Waals surface area contributed by atoms with Crippen molar-refractivity contribution < 1.29 is 0 Å². The second kappa shape index (κ2) is 13.7. The number of benzene rings is 10. The lowest BCUT2D eigenvalue weighted by molar-refractivity contribution is 1.18. The maximum atomic E-state index is 5.48. The molecular weight excluding hydrogens is 749 g/mol. The lowest BCUT2D eigenvalue weighted by atomic mass is 9.91. The van der Waals surface area contributed by atoms with Crippen LogP contribution in [0.25, 0.3) is 133 Å². The van der Waals surface area contributed by atoms with Crippen molar-refractivity contribution >= 4 is 21.5 Å². The normalized spacial score (nSPS) is 11.9. The molecule has 13 rings (SSSR count). The van der Waals surface area contributed by atoms with Crippen molar-refractivity contribution in [1.29, 1.82) is 0 Å². The Morgan fingerprint density at radius 2 is 0.548 bits per heavy atom. The lowest BCUT2D eigenvalue weighted by Crippen LogP contribution is -2.01. The first-order valence-electron chi connectivity index (χ1n) is 21.3. The molecule has 62 heavy (non-hydrogen) atoms. The van der Waals surface area contributed by atoms with Crippen molar-refractivity contribution in [3.8, 4) is 112 Å². The van der Waals surface area contributed by atoms with Gasteiger partial charge in [-0.2, -0.15) is 0 Å². The van der Waals surface area contributed by atoms with Crippen molar-refractivity contribution in [2.45, 2.75) is 0 Å². The number of rotatable bonds is 6. The second-order valence-corrected chi connectivity index (χ2v) is 16.4. The SMILES string of the molecule is c1ccc(-c2nc(-c3ccc(-c4ccc5c6c(cccc46)-c4ccccc4-5)cc3)nc(-c3ccc(-c4ccc5c6c(cccc46)-c4ccccc4-5)cc3)c2-c2ccccc2)cc1. The topological polar surface area (TPSA) is 25.8 Å². The number of fused-ring (bicyclic) bond motifs is 6. The summed E-state index contributed by atoms with van der Waals surface area (Å²) in [5.74, 6) is 0.692. The molecule has 1 aromatic heterocycles. The summed E-state index contributed by atoms with van der Waals surface area (Å²) < 4.78 is 0. The van der Waals surface area contributed by atoms with Gasteiger partial charge in [0.2, 0.25) is 0 Å². The van der Waals surface area contributed by atoms with Gasteiger partial charge in [-0.15, -0.1) is 0 Å². The number of nitrogens with zero attached hydrogens (tertiary/aromatic N) is 2. The fourth-order valence-corrected chi connectivity index (χ4v) is 10.2. The molecule has 2 heteroatoms. The molecule has 11 aromatic rings. The van der Waals surface area contributed by atoms with E-state index in [2.05, 4.69) is 218 Å². The van der Waals surface area contributed by atoms with Gasteiger partial charge >= 0.3 is 0 Å². The summed E-state index contributed by atoms with van der Waals surface area (Å²) in [6.45, 7) is 0. The van der Waals surface area contributed by atoms with E-state index in [1.165, 1.54) is 88.3 Å². The van der Waals surface area contributed by atoms with Crippen LogP contribution < -0.4 is 0 Å². The lowest BCUT2D eigenvalue weighted by Gasteiger charge is -2.17. The minimum absolute atomic E-state index is 0.692. The Kier molecular flexibility index (Phi) is 7.64. The number of hydrogen-bond donors (Lipinski definition) is 0. The smallest absolute Gasteiger partial charge is 0.160 e. The summed E-state index contributed by atoms with van der Waals surface area (Å²) in [4.78, 5) is 10.9. The molecule has 1 heterocycles. The predicted octanol–water partition coefficient (Wildman–Crippen LogP) is 16.1. The molecule has 0 fully saturated rings. The van der Waals surface area contributed by atoms with Gasteiger partial charge in [0.15, 0.2) is 5.82 Å². The molecule has 0 amide bonds. The third-order valence-corrected chi connectivity index (χ3v) is 13.0. The summed E-state index contributed by atoms with van der Waals surface area (Å²) >= 11 is 0. The predicted molar refractivity (Wildman–Crippen MR) is 259 cm³/mol.